The number of H-pyrrole nitrogens is 2. The number of nitrogens with zero attached hydrogens (tertiary/aromatic N) is 6. The first-order chi connectivity index (χ1) is 23.8. The van der Waals surface area contributed by atoms with Crippen LogP contribution in [0.3, 0.4) is 0 Å². The molecular weight excluding hydrogens is 632 g/mol. The van der Waals surface area contributed by atoms with Crippen LogP contribution < -0.4 is 0 Å². The van der Waals surface area contributed by atoms with Gasteiger partial charge in [-0.3, -0.25) is 19.8 Å². The Labute approximate surface area is 291 Å². The van der Waals surface area contributed by atoms with E-state index in [2.05, 4.69) is 15.0 Å². The second kappa shape index (κ2) is 12.9. The van der Waals surface area contributed by atoms with Gasteiger partial charge < -0.3 is 19.4 Å². The molecule has 0 radical (unpaired) electrons. The summed E-state index contributed by atoms with van der Waals surface area (Å²) in [5.41, 5.74) is 5.84. The SMILES string of the molecule is CC(C)(C)OC(=O)N1CCC[C@H]1c1ncc(-c2ccc(-c3cnc(-c4ccc5nc([C@@H]6CCCN6C(=O)OC(C)(C)C)[nH]c5c4)cn3)cc2)[nH]1. The molecule has 12 nitrogen and oxygen atoms in total. The highest BCUT2D eigenvalue weighted by atomic mass is 16.6. The minimum Gasteiger partial charge on any atom is -0.444 e. The van der Waals surface area contributed by atoms with Crippen LogP contribution in [-0.4, -0.2) is 76.2 Å². The fourth-order valence-corrected chi connectivity index (χ4v) is 6.63. The van der Waals surface area contributed by atoms with Gasteiger partial charge in [0.05, 0.1) is 58.8 Å². The number of fused-ring (bicyclic) bond motifs is 1. The Bertz CT molecular complexity index is 2000. The van der Waals surface area contributed by atoms with Crippen molar-refractivity contribution in [2.45, 2.75) is 90.5 Å². The van der Waals surface area contributed by atoms with Crippen molar-refractivity contribution >= 4 is 23.2 Å². The summed E-state index contributed by atoms with van der Waals surface area (Å²) in [6.07, 6.45) is 8.23. The van der Waals surface area contributed by atoms with Crippen LogP contribution in [-0.2, 0) is 9.47 Å². The third kappa shape index (κ3) is 7.05. The van der Waals surface area contributed by atoms with Crippen molar-refractivity contribution in [3.63, 3.8) is 0 Å². The molecule has 2 aliphatic rings. The number of aromatic nitrogens is 6. The number of likely N-dealkylation sites (tertiary alicyclic amines) is 2. The molecule has 0 aliphatic carbocycles. The zero-order valence-corrected chi connectivity index (χ0v) is 29.5. The molecule has 12 heteroatoms. The molecule has 2 saturated heterocycles. The third-order valence-corrected chi connectivity index (χ3v) is 8.93. The number of rotatable bonds is 5. The Balaban J connectivity index is 1.03. The predicted octanol–water partition coefficient (Wildman–Crippen LogP) is 8.22. The summed E-state index contributed by atoms with van der Waals surface area (Å²) >= 11 is 0. The molecule has 0 bridgehead atoms. The normalized spacial score (nSPS) is 18.2. The first kappa shape index (κ1) is 33.2. The molecule has 2 aliphatic heterocycles. The van der Waals surface area contributed by atoms with Gasteiger partial charge in [-0.15, -0.1) is 0 Å². The number of benzene rings is 2. The lowest BCUT2D eigenvalue weighted by Gasteiger charge is -2.27. The van der Waals surface area contributed by atoms with Crippen LogP contribution in [0, 0.1) is 0 Å². The van der Waals surface area contributed by atoms with Crippen molar-refractivity contribution in [3.05, 3.63) is 72.7 Å². The first-order valence-electron chi connectivity index (χ1n) is 17.3. The summed E-state index contributed by atoms with van der Waals surface area (Å²) < 4.78 is 11.3. The predicted molar refractivity (Wildman–Crippen MR) is 190 cm³/mol. The van der Waals surface area contributed by atoms with Gasteiger partial charge in [0.2, 0.25) is 0 Å². The fraction of sp³-hybridized carbons (Fsp3) is 0.421. The molecule has 0 unspecified atom stereocenters. The van der Waals surface area contributed by atoms with Crippen LogP contribution in [0.4, 0.5) is 9.59 Å². The molecule has 5 heterocycles. The molecule has 7 rings (SSSR count). The highest BCUT2D eigenvalue weighted by molar-refractivity contribution is 5.81. The van der Waals surface area contributed by atoms with Gasteiger partial charge in [0, 0.05) is 24.2 Å². The Hall–Kier alpha value is -5.26. The van der Waals surface area contributed by atoms with Gasteiger partial charge in [0.15, 0.2) is 0 Å². The van der Waals surface area contributed by atoms with Crippen LogP contribution in [0.2, 0.25) is 0 Å². The van der Waals surface area contributed by atoms with Crippen LogP contribution >= 0.6 is 0 Å². The number of carbonyl (C=O) groups is 2. The van der Waals surface area contributed by atoms with Crippen molar-refractivity contribution in [1.82, 2.24) is 39.7 Å². The highest BCUT2D eigenvalue weighted by Crippen LogP contribution is 2.35. The third-order valence-electron chi connectivity index (χ3n) is 8.93. The average Bonchev–Trinajstić information content (AvgIpc) is 3.88. The molecular formula is C38H44N8O4. The zero-order valence-electron chi connectivity index (χ0n) is 29.5. The summed E-state index contributed by atoms with van der Waals surface area (Å²) in [4.78, 5) is 54.9. The Morgan fingerprint density at radius 2 is 1.22 bits per heavy atom. The number of aromatic amines is 2. The van der Waals surface area contributed by atoms with Gasteiger partial charge in [0.1, 0.15) is 22.9 Å². The number of hydrogen-bond donors (Lipinski definition) is 2. The van der Waals surface area contributed by atoms with Crippen LogP contribution in [0.1, 0.15) is 91.0 Å². The number of imidazole rings is 2. The monoisotopic (exact) mass is 676 g/mol. The zero-order chi connectivity index (χ0) is 35.2. The first-order valence-corrected chi connectivity index (χ1v) is 17.3. The average molecular weight is 677 g/mol. The molecule has 2 aromatic carbocycles. The summed E-state index contributed by atoms with van der Waals surface area (Å²) in [6, 6.07) is 13.8. The Kier molecular flexibility index (Phi) is 8.57. The Morgan fingerprint density at radius 1 is 0.680 bits per heavy atom. The molecule has 0 spiro atoms. The quantitative estimate of drug-likeness (QED) is 0.190. The topological polar surface area (TPSA) is 142 Å². The minimum absolute atomic E-state index is 0.135. The second-order valence-electron chi connectivity index (χ2n) is 15.1. The van der Waals surface area contributed by atoms with E-state index in [1.165, 1.54) is 0 Å². The van der Waals surface area contributed by atoms with E-state index in [4.69, 9.17) is 24.4 Å². The number of carbonyl (C=O) groups excluding carboxylic acids is 2. The standard InChI is InChI=1S/C38H44N8O4/c1-37(2,3)49-35(47)45-17-7-9-31(45)33-41-22-30(44-33)24-13-11-23(12-14-24)28-20-40-29(21-39-28)25-15-16-26-27(19-25)43-34(42-26)32-10-8-18-46(32)36(48)50-38(4,5)6/h11-16,19-22,31-32H,7-10,17-18H2,1-6H3,(H,41,44)(H,42,43)/t31-,32-/m0/s1. The van der Waals surface area contributed by atoms with E-state index >= 15 is 0 Å². The molecule has 0 saturated carbocycles. The maximum atomic E-state index is 12.8. The van der Waals surface area contributed by atoms with E-state index < -0.39 is 11.2 Å². The number of amides is 2. The highest BCUT2D eigenvalue weighted by Gasteiger charge is 2.36. The lowest BCUT2D eigenvalue weighted by molar-refractivity contribution is 0.0208. The summed E-state index contributed by atoms with van der Waals surface area (Å²) in [6.45, 7) is 12.6. The van der Waals surface area contributed by atoms with Gasteiger partial charge in [-0.25, -0.2) is 19.6 Å². The van der Waals surface area contributed by atoms with Gasteiger partial charge in [-0.1, -0.05) is 30.3 Å². The van der Waals surface area contributed by atoms with E-state index in [0.717, 1.165) is 82.1 Å². The van der Waals surface area contributed by atoms with Crippen LogP contribution in [0.5, 0.6) is 0 Å². The minimum atomic E-state index is -0.553. The van der Waals surface area contributed by atoms with Crippen LogP contribution in [0.25, 0.3) is 44.8 Å². The van der Waals surface area contributed by atoms with E-state index in [1.807, 2.05) is 90.2 Å². The summed E-state index contributed by atoms with van der Waals surface area (Å²) in [7, 11) is 0. The van der Waals surface area contributed by atoms with E-state index in [1.54, 1.807) is 22.2 Å². The summed E-state index contributed by atoms with van der Waals surface area (Å²) in [5.74, 6) is 1.53. The largest absolute Gasteiger partial charge is 0.444 e. The molecule has 2 N–H and O–H groups in total. The number of hydrogen-bond acceptors (Lipinski definition) is 8. The lowest BCUT2D eigenvalue weighted by Crippen LogP contribution is -2.36. The van der Waals surface area contributed by atoms with Gasteiger partial charge in [-0.05, 0) is 84.9 Å². The van der Waals surface area contributed by atoms with Gasteiger partial charge in [0.25, 0.3) is 0 Å². The van der Waals surface area contributed by atoms with Crippen molar-refractivity contribution in [2.24, 2.45) is 0 Å². The van der Waals surface area contributed by atoms with E-state index in [0.29, 0.717) is 13.1 Å². The van der Waals surface area contributed by atoms with Crippen molar-refractivity contribution in [1.29, 1.82) is 0 Å². The molecule has 3 aromatic heterocycles. The maximum Gasteiger partial charge on any atom is 0.410 e. The molecule has 260 valence electrons. The van der Waals surface area contributed by atoms with E-state index in [9.17, 15) is 9.59 Å². The van der Waals surface area contributed by atoms with Gasteiger partial charge >= 0.3 is 12.2 Å². The second-order valence-corrected chi connectivity index (χ2v) is 15.1. The smallest absolute Gasteiger partial charge is 0.410 e. The van der Waals surface area contributed by atoms with E-state index in [-0.39, 0.29) is 24.3 Å². The molecule has 5 aromatic rings. The maximum absolute atomic E-state index is 12.8. The molecule has 2 fully saturated rings. The Morgan fingerprint density at radius 3 is 1.80 bits per heavy atom. The van der Waals surface area contributed by atoms with Gasteiger partial charge in [-0.2, -0.15) is 0 Å². The van der Waals surface area contributed by atoms with Crippen molar-refractivity contribution in [2.75, 3.05) is 13.1 Å². The van der Waals surface area contributed by atoms with Crippen molar-refractivity contribution in [3.8, 4) is 33.8 Å². The molecule has 50 heavy (non-hydrogen) atoms. The van der Waals surface area contributed by atoms with Crippen LogP contribution in [0.15, 0.2) is 61.1 Å². The lowest BCUT2D eigenvalue weighted by atomic mass is 10.1. The number of nitrogens with one attached hydrogen (secondary N) is 2. The molecule has 2 amide bonds. The molecule has 2 atom stereocenters. The fourth-order valence-electron chi connectivity index (χ4n) is 6.63. The van der Waals surface area contributed by atoms with Crippen molar-refractivity contribution < 1.29 is 19.1 Å². The number of ether oxygens (including phenoxy) is 2. The summed E-state index contributed by atoms with van der Waals surface area (Å²) in [5, 5.41) is 0.